The van der Waals surface area contributed by atoms with Crippen LogP contribution in [0.1, 0.15) is 15.9 Å². The highest BCUT2D eigenvalue weighted by Gasteiger charge is 2.43. The van der Waals surface area contributed by atoms with Gasteiger partial charge in [0.25, 0.3) is 0 Å². The molecule has 0 unspecified atom stereocenters. The van der Waals surface area contributed by atoms with Gasteiger partial charge in [0.15, 0.2) is 5.78 Å². The van der Waals surface area contributed by atoms with Crippen LogP contribution in [0.3, 0.4) is 0 Å². The Morgan fingerprint density at radius 1 is 0.926 bits per heavy atom. The molecule has 4 heteroatoms. The van der Waals surface area contributed by atoms with Crippen LogP contribution in [0.5, 0.6) is 0 Å². The van der Waals surface area contributed by atoms with Gasteiger partial charge in [-0.2, -0.15) is 0 Å². The topological polar surface area (TPSA) is 35.5 Å². The fourth-order valence-corrected chi connectivity index (χ4v) is 4.16. The van der Waals surface area contributed by atoms with Crippen molar-refractivity contribution in [3.63, 3.8) is 0 Å². The van der Waals surface area contributed by atoms with Gasteiger partial charge in [-0.1, -0.05) is 89.3 Å². The SMILES string of the molecule is O=C(/C(=C\c1ccccc1)C1(CI)OCCO1)c1ccc2ccccc2c1. The van der Waals surface area contributed by atoms with E-state index in [1.807, 2.05) is 78.9 Å². The quantitative estimate of drug-likeness (QED) is 0.220. The maximum Gasteiger partial charge on any atom is 0.208 e. The van der Waals surface area contributed by atoms with E-state index in [0.717, 1.165) is 16.3 Å². The number of halogens is 1. The van der Waals surface area contributed by atoms with Crippen molar-refractivity contribution in [3.8, 4) is 0 Å². The number of rotatable bonds is 5. The molecule has 0 aromatic heterocycles. The lowest BCUT2D eigenvalue weighted by Crippen LogP contribution is -2.38. The van der Waals surface area contributed by atoms with Crippen LogP contribution in [0.25, 0.3) is 16.8 Å². The summed E-state index contributed by atoms with van der Waals surface area (Å²) in [5, 5.41) is 2.15. The van der Waals surface area contributed by atoms with Crippen LogP contribution >= 0.6 is 22.6 Å². The predicted octanol–water partition coefficient (Wildman–Crippen LogP) is 5.28. The molecule has 0 atom stereocenters. The summed E-state index contributed by atoms with van der Waals surface area (Å²) in [6.07, 6.45) is 1.89. The first-order chi connectivity index (χ1) is 13.2. The summed E-state index contributed by atoms with van der Waals surface area (Å²) in [7, 11) is 0. The Morgan fingerprint density at radius 3 is 2.30 bits per heavy atom. The molecule has 0 aliphatic carbocycles. The van der Waals surface area contributed by atoms with E-state index in [4.69, 9.17) is 9.47 Å². The maximum atomic E-state index is 13.5. The van der Waals surface area contributed by atoms with Crippen LogP contribution in [-0.4, -0.2) is 29.2 Å². The molecule has 0 N–H and O–H groups in total. The predicted molar refractivity (Wildman–Crippen MR) is 116 cm³/mol. The minimum absolute atomic E-state index is 0.0665. The van der Waals surface area contributed by atoms with Crippen molar-refractivity contribution in [3.05, 3.63) is 89.5 Å². The van der Waals surface area contributed by atoms with Gasteiger partial charge in [-0.3, -0.25) is 4.79 Å². The summed E-state index contributed by atoms with van der Waals surface area (Å²) < 4.78 is 12.4. The molecule has 27 heavy (non-hydrogen) atoms. The average molecular weight is 470 g/mol. The van der Waals surface area contributed by atoms with Crippen molar-refractivity contribution in [2.75, 3.05) is 17.6 Å². The van der Waals surface area contributed by atoms with Crippen LogP contribution in [-0.2, 0) is 9.47 Å². The van der Waals surface area contributed by atoms with Crippen molar-refractivity contribution >= 4 is 45.2 Å². The van der Waals surface area contributed by atoms with E-state index in [-0.39, 0.29) is 5.78 Å². The second-order valence-corrected chi connectivity index (χ2v) is 7.21. The molecule has 0 bridgehead atoms. The van der Waals surface area contributed by atoms with Crippen molar-refractivity contribution in [1.29, 1.82) is 0 Å². The molecule has 1 aliphatic heterocycles. The Kier molecular flexibility index (Phi) is 5.38. The molecule has 3 aromatic carbocycles. The lowest BCUT2D eigenvalue weighted by Gasteiger charge is -2.27. The monoisotopic (exact) mass is 470 g/mol. The Bertz CT molecular complexity index is 989. The van der Waals surface area contributed by atoms with E-state index in [0.29, 0.717) is 28.8 Å². The third kappa shape index (κ3) is 3.70. The smallest absolute Gasteiger partial charge is 0.208 e. The number of carbonyl (C=O) groups is 1. The first kappa shape index (κ1) is 18.3. The van der Waals surface area contributed by atoms with Gasteiger partial charge >= 0.3 is 0 Å². The van der Waals surface area contributed by atoms with Gasteiger partial charge in [0.05, 0.1) is 23.2 Å². The lowest BCUT2D eigenvalue weighted by atomic mass is 9.93. The van der Waals surface area contributed by atoms with Gasteiger partial charge in [-0.05, 0) is 28.5 Å². The number of Topliss-reactive ketones (excluding diaryl/α,β-unsaturated/α-hetero) is 1. The average Bonchev–Trinajstić information content (AvgIpc) is 3.22. The number of fused-ring (bicyclic) bond motifs is 1. The normalized spacial score (nSPS) is 16.6. The molecule has 1 fully saturated rings. The van der Waals surface area contributed by atoms with Crippen LogP contribution in [0.15, 0.2) is 78.4 Å². The van der Waals surface area contributed by atoms with Crippen LogP contribution < -0.4 is 0 Å². The van der Waals surface area contributed by atoms with E-state index in [1.165, 1.54) is 0 Å². The van der Waals surface area contributed by atoms with Crippen molar-refractivity contribution in [2.45, 2.75) is 5.79 Å². The van der Waals surface area contributed by atoms with Gasteiger partial charge in [-0.25, -0.2) is 0 Å². The van der Waals surface area contributed by atoms with Crippen LogP contribution in [0.4, 0.5) is 0 Å². The van der Waals surface area contributed by atoms with Gasteiger partial charge < -0.3 is 9.47 Å². The number of ketones is 1. The van der Waals surface area contributed by atoms with Gasteiger partial charge in [0.1, 0.15) is 0 Å². The molecule has 3 nitrogen and oxygen atoms in total. The van der Waals surface area contributed by atoms with Crippen molar-refractivity contribution < 1.29 is 14.3 Å². The van der Waals surface area contributed by atoms with E-state index in [2.05, 4.69) is 22.6 Å². The molecule has 0 radical (unpaired) electrons. The number of benzene rings is 3. The molecule has 4 rings (SSSR count). The summed E-state index contributed by atoms with van der Waals surface area (Å²) in [5.41, 5.74) is 2.13. The third-order valence-corrected chi connectivity index (χ3v) is 5.71. The zero-order valence-corrected chi connectivity index (χ0v) is 16.9. The highest BCUT2D eigenvalue weighted by molar-refractivity contribution is 14.1. The minimum atomic E-state index is -1.00. The Labute approximate surface area is 172 Å². The molecule has 0 saturated carbocycles. The summed E-state index contributed by atoms with van der Waals surface area (Å²) in [4.78, 5) is 13.5. The molecule has 136 valence electrons. The fourth-order valence-electron chi connectivity index (χ4n) is 3.31. The van der Waals surface area contributed by atoms with Gasteiger partial charge in [-0.15, -0.1) is 0 Å². The highest BCUT2D eigenvalue weighted by Crippen LogP contribution is 2.34. The summed E-state index contributed by atoms with van der Waals surface area (Å²) in [6.45, 7) is 0.972. The standard InChI is InChI=1S/C23H19IO3/c24-16-23(26-12-13-27-23)21(14-17-6-2-1-3-7-17)22(25)20-11-10-18-8-4-5-9-19(18)15-20/h1-11,14-15H,12-13,16H2/b21-14+. The Balaban J connectivity index is 1.81. The van der Waals surface area contributed by atoms with Gasteiger partial charge in [0, 0.05) is 5.56 Å². The molecule has 1 aliphatic rings. The molecular weight excluding hydrogens is 451 g/mol. The molecule has 0 spiro atoms. The van der Waals surface area contributed by atoms with E-state index >= 15 is 0 Å². The Hall–Kier alpha value is -2.02. The largest absolute Gasteiger partial charge is 0.343 e. The minimum Gasteiger partial charge on any atom is -0.343 e. The fraction of sp³-hybridized carbons (Fsp3) is 0.174. The van der Waals surface area contributed by atoms with Gasteiger partial charge in [0.2, 0.25) is 5.79 Å². The zero-order valence-electron chi connectivity index (χ0n) is 14.7. The summed E-state index contributed by atoms with van der Waals surface area (Å²) >= 11 is 2.22. The number of ether oxygens (including phenoxy) is 2. The summed E-state index contributed by atoms with van der Waals surface area (Å²) in [5.74, 6) is -1.07. The lowest BCUT2D eigenvalue weighted by molar-refractivity contribution is -0.0997. The number of hydrogen-bond donors (Lipinski definition) is 0. The second kappa shape index (κ2) is 7.92. The number of alkyl halides is 1. The first-order valence-corrected chi connectivity index (χ1v) is 10.4. The molecular formula is C23H19IO3. The van der Waals surface area contributed by atoms with Crippen molar-refractivity contribution in [1.82, 2.24) is 0 Å². The molecule has 1 heterocycles. The van der Waals surface area contributed by atoms with Crippen LogP contribution in [0, 0.1) is 0 Å². The number of hydrogen-bond acceptors (Lipinski definition) is 3. The van der Waals surface area contributed by atoms with Crippen molar-refractivity contribution in [2.24, 2.45) is 0 Å². The van der Waals surface area contributed by atoms with E-state index in [9.17, 15) is 4.79 Å². The second-order valence-electron chi connectivity index (χ2n) is 6.44. The molecule has 0 amide bonds. The summed E-state index contributed by atoms with van der Waals surface area (Å²) in [6, 6.07) is 23.6. The molecule has 3 aromatic rings. The first-order valence-electron chi connectivity index (χ1n) is 8.86. The third-order valence-electron chi connectivity index (χ3n) is 4.71. The number of carbonyl (C=O) groups excluding carboxylic acids is 1. The van der Waals surface area contributed by atoms with Crippen LogP contribution in [0.2, 0.25) is 0 Å². The zero-order chi connectivity index (χ0) is 18.7. The molecule has 1 saturated heterocycles. The maximum absolute atomic E-state index is 13.5. The Morgan fingerprint density at radius 2 is 1.59 bits per heavy atom. The van der Waals surface area contributed by atoms with E-state index in [1.54, 1.807) is 0 Å². The highest BCUT2D eigenvalue weighted by atomic mass is 127. The van der Waals surface area contributed by atoms with E-state index < -0.39 is 5.79 Å².